The Morgan fingerprint density at radius 2 is 2.14 bits per heavy atom. The number of methoxy groups -OCH3 is 1. The highest BCUT2D eigenvalue weighted by molar-refractivity contribution is 7.99. The highest BCUT2D eigenvalue weighted by atomic mass is 32.2. The minimum Gasteiger partial charge on any atom is -0.469 e. The largest absolute Gasteiger partial charge is 0.469 e. The van der Waals surface area contributed by atoms with Crippen LogP contribution in [0.3, 0.4) is 0 Å². The van der Waals surface area contributed by atoms with Crippen molar-refractivity contribution in [2.45, 2.75) is 31.2 Å². The molecule has 21 heavy (non-hydrogen) atoms. The second-order valence-corrected chi connectivity index (χ2v) is 6.15. The molecule has 0 atom stereocenters. The molecule has 1 aliphatic carbocycles. The van der Waals surface area contributed by atoms with Crippen LogP contribution in [0.15, 0.2) is 17.2 Å². The fourth-order valence-corrected chi connectivity index (χ4v) is 3.03. The summed E-state index contributed by atoms with van der Waals surface area (Å²) in [6.45, 7) is 2.42. The molecule has 2 rings (SSSR count). The van der Waals surface area contributed by atoms with Crippen LogP contribution in [0.4, 0.5) is 0 Å². The molecule has 1 amide bonds. The van der Waals surface area contributed by atoms with Crippen LogP contribution in [-0.2, 0) is 9.53 Å². The second-order valence-electron chi connectivity index (χ2n) is 5.16. The van der Waals surface area contributed by atoms with Gasteiger partial charge in [-0.15, -0.1) is 22.0 Å². The molecular formula is C14H19N3O3S. The molecule has 1 aromatic heterocycles. The number of amides is 1. The summed E-state index contributed by atoms with van der Waals surface area (Å²) in [6, 6.07) is 3.46. The molecule has 0 radical (unpaired) electrons. The zero-order valence-corrected chi connectivity index (χ0v) is 13.0. The van der Waals surface area contributed by atoms with Crippen molar-refractivity contribution in [3.63, 3.8) is 0 Å². The molecule has 1 aromatic rings. The third-order valence-electron chi connectivity index (χ3n) is 3.44. The maximum absolute atomic E-state index is 11.6. The molecular weight excluding hydrogens is 290 g/mol. The Balaban J connectivity index is 1.86. The lowest BCUT2D eigenvalue weighted by molar-refractivity contribution is -0.141. The van der Waals surface area contributed by atoms with Crippen molar-refractivity contribution in [3.8, 4) is 0 Å². The molecule has 0 unspecified atom stereocenters. The summed E-state index contributed by atoms with van der Waals surface area (Å²) in [5.74, 6) is 0.439. The van der Waals surface area contributed by atoms with E-state index in [1.165, 1.54) is 7.11 Å². The number of hydrogen-bond acceptors (Lipinski definition) is 6. The summed E-state index contributed by atoms with van der Waals surface area (Å²) >= 11 is 1.56. The maximum atomic E-state index is 11.6. The zero-order chi connectivity index (χ0) is 15.3. The van der Waals surface area contributed by atoms with Crippen molar-refractivity contribution in [1.82, 2.24) is 15.5 Å². The molecule has 1 aliphatic rings. The summed E-state index contributed by atoms with van der Waals surface area (Å²) < 4.78 is 4.72. The van der Waals surface area contributed by atoms with E-state index in [0.717, 1.165) is 23.6 Å². The van der Waals surface area contributed by atoms with E-state index in [9.17, 15) is 9.59 Å². The monoisotopic (exact) mass is 309 g/mol. The van der Waals surface area contributed by atoms with Crippen LogP contribution in [0.25, 0.3) is 0 Å². The molecule has 0 aromatic carbocycles. The Labute approximate surface area is 128 Å². The molecule has 1 heterocycles. The topological polar surface area (TPSA) is 81.2 Å². The number of nitrogens with zero attached hydrogens (tertiary/aromatic N) is 2. The van der Waals surface area contributed by atoms with Gasteiger partial charge in [-0.25, -0.2) is 0 Å². The van der Waals surface area contributed by atoms with Crippen LogP contribution in [0, 0.1) is 5.41 Å². The first-order valence-corrected chi connectivity index (χ1v) is 7.89. The molecule has 6 nitrogen and oxygen atoms in total. The first-order valence-electron chi connectivity index (χ1n) is 6.90. The molecule has 7 heteroatoms. The lowest BCUT2D eigenvalue weighted by atomic mass is 10.1. The van der Waals surface area contributed by atoms with Crippen LogP contribution in [0.5, 0.6) is 0 Å². The predicted octanol–water partition coefficient (Wildman–Crippen LogP) is 1.66. The normalized spacial score (nSPS) is 15.3. The summed E-state index contributed by atoms with van der Waals surface area (Å²) in [4.78, 5) is 22.9. The van der Waals surface area contributed by atoms with Gasteiger partial charge in [0.25, 0.3) is 5.91 Å². The molecule has 114 valence electrons. The average molecular weight is 309 g/mol. The molecule has 1 fully saturated rings. The van der Waals surface area contributed by atoms with E-state index in [0.29, 0.717) is 18.7 Å². The molecule has 0 aliphatic heterocycles. The smallest absolute Gasteiger partial charge is 0.306 e. The van der Waals surface area contributed by atoms with E-state index in [1.54, 1.807) is 23.9 Å². The number of nitrogens with one attached hydrogen (secondary N) is 1. The number of rotatable bonds is 7. The number of thioether (sulfide) groups is 1. The van der Waals surface area contributed by atoms with E-state index in [4.69, 9.17) is 4.74 Å². The van der Waals surface area contributed by atoms with Crippen LogP contribution < -0.4 is 5.32 Å². The van der Waals surface area contributed by atoms with Crippen molar-refractivity contribution in [2.24, 2.45) is 5.41 Å². The lowest BCUT2D eigenvalue weighted by Crippen LogP contribution is -2.24. The molecule has 1 N–H and O–H groups in total. The van der Waals surface area contributed by atoms with Crippen LogP contribution in [0.2, 0.25) is 0 Å². The highest BCUT2D eigenvalue weighted by Crippen LogP contribution is 2.51. The molecule has 0 spiro atoms. The van der Waals surface area contributed by atoms with Gasteiger partial charge in [-0.2, -0.15) is 0 Å². The van der Waals surface area contributed by atoms with Gasteiger partial charge in [-0.3, -0.25) is 9.59 Å². The van der Waals surface area contributed by atoms with Crippen LogP contribution in [-0.4, -0.2) is 41.5 Å². The highest BCUT2D eigenvalue weighted by Gasteiger charge is 2.44. The van der Waals surface area contributed by atoms with E-state index in [1.807, 2.05) is 6.92 Å². The van der Waals surface area contributed by atoms with E-state index < -0.39 is 0 Å². The van der Waals surface area contributed by atoms with Crippen LogP contribution >= 0.6 is 11.8 Å². The molecule has 0 saturated heterocycles. The number of carbonyl (C=O) groups is 2. The quantitative estimate of drug-likeness (QED) is 0.609. The van der Waals surface area contributed by atoms with E-state index in [-0.39, 0.29) is 17.3 Å². The van der Waals surface area contributed by atoms with Crippen molar-refractivity contribution >= 4 is 23.6 Å². The number of esters is 1. The predicted molar refractivity (Wildman–Crippen MR) is 79.1 cm³/mol. The SMILES string of the molecule is CCNC(=O)c1ccc(SCC2(CC(=O)OC)CC2)nn1. The first-order chi connectivity index (χ1) is 10.1. The van der Waals surface area contributed by atoms with Gasteiger partial charge in [0.15, 0.2) is 5.69 Å². The molecule has 1 saturated carbocycles. The van der Waals surface area contributed by atoms with Gasteiger partial charge >= 0.3 is 5.97 Å². The van der Waals surface area contributed by atoms with E-state index >= 15 is 0 Å². The number of hydrogen-bond donors (Lipinski definition) is 1. The average Bonchev–Trinajstić information content (AvgIpc) is 3.26. The third kappa shape index (κ3) is 4.42. The zero-order valence-electron chi connectivity index (χ0n) is 12.2. The van der Waals surface area contributed by atoms with Gasteiger partial charge < -0.3 is 10.1 Å². The molecule has 0 bridgehead atoms. The van der Waals surface area contributed by atoms with Crippen molar-refractivity contribution in [2.75, 3.05) is 19.4 Å². The first kappa shape index (κ1) is 15.8. The Morgan fingerprint density at radius 3 is 2.67 bits per heavy atom. The van der Waals surface area contributed by atoms with Gasteiger partial charge in [0, 0.05) is 12.3 Å². The number of carbonyl (C=O) groups excluding carboxylic acids is 2. The standard InChI is InChI=1S/C14H19N3O3S/c1-3-15-13(19)10-4-5-11(17-16-10)21-9-14(6-7-14)8-12(18)20-2/h4-5H,3,6-9H2,1-2H3,(H,15,19). The fraction of sp³-hybridized carbons (Fsp3) is 0.571. The number of ether oxygens (including phenoxy) is 1. The van der Waals surface area contributed by atoms with Gasteiger partial charge in [0.05, 0.1) is 13.5 Å². The van der Waals surface area contributed by atoms with Gasteiger partial charge in [-0.05, 0) is 37.3 Å². The fourth-order valence-electron chi connectivity index (χ4n) is 1.92. The summed E-state index contributed by atoms with van der Waals surface area (Å²) in [6.07, 6.45) is 2.54. The van der Waals surface area contributed by atoms with Gasteiger partial charge in [0.2, 0.25) is 0 Å². The maximum Gasteiger partial charge on any atom is 0.306 e. The Morgan fingerprint density at radius 1 is 1.38 bits per heavy atom. The minimum absolute atomic E-state index is 0.0533. The van der Waals surface area contributed by atoms with Crippen molar-refractivity contribution in [3.05, 3.63) is 17.8 Å². The minimum atomic E-state index is -0.217. The second kappa shape index (κ2) is 6.89. The summed E-state index contributed by atoms with van der Waals surface area (Å²) in [7, 11) is 1.41. The van der Waals surface area contributed by atoms with Gasteiger partial charge in [-0.1, -0.05) is 0 Å². The number of aromatic nitrogens is 2. The Bertz CT molecular complexity index is 515. The van der Waals surface area contributed by atoms with Crippen LogP contribution in [0.1, 0.15) is 36.7 Å². The van der Waals surface area contributed by atoms with Crippen molar-refractivity contribution < 1.29 is 14.3 Å². The summed E-state index contributed by atoms with van der Waals surface area (Å²) in [5.41, 5.74) is 0.370. The van der Waals surface area contributed by atoms with Gasteiger partial charge in [0.1, 0.15) is 5.03 Å². The third-order valence-corrected chi connectivity index (χ3v) is 4.71. The Kier molecular flexibility index (Phi) is 5.17. The van der Waals surface area contributed by atoms with Crippen molar-refractivity contribution in [1.29, 1.82) is 0 Å². The Hall–Kier alpha value is -1.63. The summed E-state index contributed by atoms with van der Waals surface area (Å²) in [5, 5.41) is 11.4. The van der Waals surface area contributed by atoms with E-state index in [2.05, 4.69) is 15.5 Å². The lowest BCUT2D eigenvalue weighted by Gasteiger charge is -2.12.